The number of alkyl halides is 3. The van der Waals surface area contributed by atoms with Gasteiger partial charge in [0, 0.05) is 19.6 Å². The van der Waals surface area contributed by atoms with Crippen LogP contribution in [0.2, 0.25) is 0 Å². The lowest BCUT2D eigenvalue weighted by Crippen LogP contribution is -2.30. The molecule has 0 spiro atoms. The van der Waals surface area contributed by atoms with Gasteiger partial charge in [0.05, 0.1) is 16.9 Å². The predicted octanol–water partition coefficient (Wildman–Crippen LogP) is 3.43. The highest BCUT2D eigenvalue weighted by Crippen LogP contribution is 2.31. The number of nitrogens with zero attached hydrogens (tertiary/aromatic N) is 1. The van der Waals surface area contributed by atoms with Crippen molar-refractivity contribution in [3.63, 3.8) is 0 Å². The first kappa shape index (κ1) is 15.7. The zero-order chi connectivity index (χ0) is 16.6. The number of halogens is 3. The zero-order valence-electron chi connectivity index (χ0n) is 12.5. The second kappa shape index (κ2) is 5.77. The minimum Gasteiger partial charge on any atom is -0.397 e. The van der Waals surface area contributed by atoms with Crippen LogP contribution in [0, 0.1) is 0 Å². The van der Waals surface area contributed by atoms with Gasteiger partial charge in [-0.15, -0.1) is 0 Å². The molecule has 2 aromatic rings. The van der Waals surface area contributed by atoms with Crippen molar-refractivity contribution in [2.45, 2.75) is 25.7 Å². The Morgan fingerprint density at radius 2 is 1.87 bits per heavy atom. The Kier molecular flexibility index (Phi) is 3.93. The van der Waals surface area contributed by atoms with Crippen molar-refractivity contribution in [3.05, 3.63) is 58.7 Å². The maximum absolute atomic E-state index is 12.8. The van der Waals surface area contributed by atoms with E-state index in [9.17, 15) is 13.2 Å². The molecule has 2 aromatic carbocycles. The van der Waals surface area contributed by atoms with Gasteiger partial charge in [0.25, 0.3) is 0 Å². The van der Waals surface area contributed by atoms with Crippen molar-refractivity contribution in [1.82, 2.24) is 4.90 Å². The largest absolute Gasteiger partial charge is 0.416 e. The molecule has 0 radical (unpaired) electrons. The standard InChI is InChI=1S/C17H18F3N3/c18-17(19,20)13-3-1-2-11(8-13)9-23-7-6-14-12(10-23)4-5-15(21)16(14)22/h1-5,8H,6-7,9-10,21-22H2. The molecule has 0 fully saturated rings. The van der Waals surface area contributed by atoms with Crippen LogP contribution in [-0.2, 0) is 25.7 Å². The van der Waals surface area contributed by atoms with E-state index in [4.69, 9.17) is 11.5 Å². The SMILES string of the molecule is Nc1ccc2c(c1N)CCN(Cc1cccc(C(F)(F)F)c1)C2. The summed E-state index contributed by atoms with van der Waals surface area (Å²) in [5.41, 5.74) is 15.2. The molecule has 0 saturated carbocycles. The molecule has 3 nitrogen and oxygen atoms in total. The van der Waals surface area contributed by atoms with Gasteiger partial charge in [-0.1, -0.05) is 24.3 Å². The summed E-state index contributed by atoms with van der Waals surface area (Å²) < 4.78 is 38.4. The molecule has 6 heteroatoms. The maximum Gasteiger partial charge on any atom is 0.416 e. The summed E-state index contributed by atoms with van der Waals surface area (Å²) in [6.45, 7) is 1.89. The number of fused-ring (bicyclic) bond motifs is 1. The number of benzene rings is 2. The van der Waals surface area contributed by atoms with Crippen molar-refractivity contribution in [2.24, 2.45) is 0 Å². The summed E-state index contributed by atoms with van der Waals surface area (Å²) in [5.74, 6) is 0. The highest BCUT2D eigenvalue weighted by molar-refractivity contribution is 5.69. The normalized spacial score (nSPS) is 15.4. The van der Waals surface area contributed by atoms with E-state index in [-0.39, 0.29) is 0 Å². The maximum atomic E-state index is 12.8. The van der Waals surface area contributed by atoms with E-state index < -0.39 is 11.7 Å². The first-order valence-corrected chi connectivity index (χ1v) is 7.39. The predicted molar refractivity (Wildman–Crippen MR) is 84.5 cm³/mol. The molecule has 0 amide bonds. The van der Waals surface area contributed by atoms with Crippen LogP contribution in [0.3, 0.4) is 0 Å². The van der Waals surface area contributed by atoms with Crippen LogP contribution in [0.5, 0.6) is 0 Å². The van der Waals surface area contributed by atoms with Crippen molar-refractivity contribution >= 4 is 11.4 Å². The van der Waals surface area contributed by atoms with Gasteiger partial charge >= 0.3 is 6.18 Å². The van der Waals surface area contributed by atoms with Crippen LogP contribution in [0.4, 0.5) is 24.5 Å². The number of hydrogen-bond donors (Lipinski definition) is 2. The third-order valence-corrected chi connectivity index (χ3v) is 4.22. The van der Waals surface area contributed by atoms with E-state index in [1.54, 1.807) is 12.1 Å². The van der Waals surface area contributed by atoms with Gasteiger partial charge in [-0.3, -0.25) is 4.90 Å². The van der Waals surface area contributed by atoms with Crippen molar-refractivity contribution < 1.29 is 13.2 Å². The lowest BCUT2D eigenvalue weighted by molar-refractivity contribution is -0.137. The van der Waals surface area contributed by atoms with Crippen LogP contribution < -0.4 is 11.5 Å². The first-order valence-electron chi connectivity index (χ1n) is 7.39. The van der Waals surface area contributed by atoms with Crippen LogP contribution in [0.1, 0.15) is 22.3 Å². The number of anilines is 2. The lowest BCUT2D eigenvalue weighted by atomic mass is 9.96. The number of nitrogens with two attached hydrogens (primary N) is 2. The van der Waals surface area contributed by atoms with Crippen molar-refractivity contribution in [3.8, 4) is 0 Å². The number of hydrogen-bond acceptors (Lipinski definition) is 3. The molecule has 122 valence electrons. The molecule has 0 unspecified atom stereocenters. The van der Waals surface area contributed by atoms with Gasteiger partial charge in [0.2, 0.25) is 0 Å². The number of rotatable bonds is 2. The summed E-state index contributed by atoms with van der Waals surface area (Å²) >= 11 is 0. The Balaban J connectivity index is 1.77. The number of nitrogen functional groups attached to an aromatic ring is 2. The smallest absolute Gasteiger partial charge is 0.397 e. The second-order valence-corrected chi connectivity index (χ2v) is 5.86. The van der Waals surface area contributed by atoms with E-state index in [0.29, 0.717) is 30.0 Å². The lowest BCUT2D eigenvalue weighted by Gasteiger charge is -2.30. The molecule has 0 aliphatic carbocycles. The molecule has 0 aromatic heterocycles. The monoisotopic (exact) mass is 321 g/mol. The zero-order valence-corrected chi connectivity index (χ0v) is 12.5. The third kappa shape index (κ3) is 3.27. The molecule has 3 rings (SSSR count). The second-order valence-electron chi connectivity index (χ2n) is 5.86. The molecule has 0 bridgehead atoms. The van der Waals surface area contributed by atoms with Crippen LogP contribution >= 0.6 is 0 Å². The van der Waals surface area contributed by atoms with Crippen LogP contribution in [-0.4, -0.2) is 11.4 Å². The Morgan fingerprint density at radius 3 is 2.61 bits per heavy atom. The summed E-state index contributed by atoms with van der Waals surface area (Å²) in [6, 6.07) is 9.21. The van der Waals surface area contributed by atoms with Gasteiger partial charge in [0.1, 0.15) is 0 Å². The summed E-state index contributed by atoms with van der Waals surface area (Å²) in [5, 5.41) is 0. The van der Waals surface area contributed by atoms with E-state index in [0.717, 1.165) is 30.2 Å². The van der Waals surface area contributed by atoms with E-state index in [1.807, 2.05) is 6.07 Å². The van der Waals surface area contributed by atoms with Crippen LogP contribution in [0.25, 0.3) is 0 Å². The van der Waals surface area contributed by atoms with Gasteiger partial charge in [0.15, 0.2) is 0 Å². The summed E-state index contributed by atoms with van der Waals surface area (Å²) in [4.78, 5) is 2.12. The van der Waals surface area contributed by atoms with E-state index in [1.165, 1.54) is 12.1 Å². The molecule has 4 N–H and O–H groups in total. The fraction of sp³-hybridized carbons (Fsp3) is 0.294. The van der Waals surface area contributed by atoms with E-state index >= 15 is 0 Å². The molecule has 23 heavy (non-hydrogen) atoms. The van der Waals surface area contributed by atoms with E-state index in [2.05, 4.69) is 4.90 Å². The summed E-state index contributed by atoms with van der Waals surface area (Å²) in [7, 11) is 0. The topological polar surface area (TPSA) is 55.3 Å². The average Bonchev–Trinajstić information content (AvgIpc) is 2.51. The Hall–Kier alpha value is -2.21. The Bertz CT molecular complexity index is 726. The quantitative estimate of drug-likeness (QED) is 0.833. The minimum atomic E-state index is -4.31. The molecule has 0 saturated heterocycles. The fourth-order valence-electron chi connectivity index (χ4n) is 3.00. The Labute approximate surface area is 132 Å². The fourth-order valence-corrected chi connectivity index (χ4v) is 3.00. The highest BCUT2D eigenvalue weighted by Gasteiger charge is 2.30. The van der Waals surface area contributed by atoms with Gasteiger partial charge in [-0.2, -0.15) is 13.2 Å². The third-order valence-electron chi connectivity index (χ3n) is 4.22. The van der Waals surface area contributed by atoms with Gasteiger partial charge in [-0.05, 0) is 35.2 Å². The van der Waals surface area contributed by atoms with Crippen molar-refractivity contribution in [1.29, 1.82) is 0 Å². The molecular weight excluding hydrogens is 303 g/mol. The van der Waals surface area contributed by atoms with Gasteiger partial charge < -0.3 is 11.5 Å². The molecule has 0 atom stereocenters. The average molecular weight is 321 g/mol. The Morgan fingerprint density at radius 1 is 1.09 bits per heavy atom. The molecule has 1 aliphatic rings. The highest BCUT2D eigenvalue weighted by atomic mass is 19.4. The van der Waals surface area contributed by atoms with Gasteiger partial charge in [-0.25, -0.2) is 0 Å². The molecular formula is C17H18F3N3. The summed E-state index contributed by atoms with van der Waals surface area (Å²) in [6.07, 6.45) is -3.55. The van der Waals surface area contributed by atoms with Crippen molar-refractivity contribution in [2.75, 3.05) is 18.0 Å². The first-order chi connectivity index (χ1) is 10.8. The molecule has 1 aliphatic heterocycles. The molecule has 1 heterocycles. The minimum absolute atomic E-state index is 0.480. The van der Waals surface area contributed by atoms with Crippen LogP contribution in [0.15, 0.2) is 36.4 Å².